The van der Waals surface area contributed by atoms with Crippen LogP contribution in [0.4, 0.5) is 0 Å². The Morgan fingerprint density at radius 1 is 1.33 bits per heavy atom. The quantitative estimate of drug-likeness (QED) is 0.811. The van der Waals surface area contributed by atoms with Crippen LogP contribution in [0.2, 0.25) is 0 Å². The van der Waals surface area contributed by atoms with E-state index in [1.807, 2.05) is 18.3 Å². The average Bonchev–Trinajstić information content (AvgIpc) is 3.03. The summed E-state index contributed by atoms with van der Waals surface area (Å²) in [5.41, 5.74) is 1.28. The minimum absolute atomic E-state index is 0.167. The van der Waals surface area contributed by atoms with E-state index in [4.69, 9.17) is 4.74 Å². The van der Waals surface area contributed by atoms with Gasteiger partial charge in [-0.25, -0.2) is 4.98 Å². The van der Waals surface area contributed by atoms with Crippen LogP contribution in [0, 0.1) is 6.92 Å². The van der Waals surface area contributed by atoms with Crippen molar-refractivity contribution in [2.24, 2.45) is 0 Å². The molecule has 0 fully saturated rings. The second-order valence-electron chi connectivity index (χ2n) is 6.16. The smallest absolute Gasteiger partial charge is 0.115 e. The average molecular weight is 325 g/mol. The molecule has 0 saturated heterocycles. The number of aromatic nitrogens is 1. The first kappa shape index (κ1) is 16.6. The Kier molecular flexibility index (Phi) is 5.54. The molecule has 3 nitrogen and oxygen atoms in total. The molecule has 2 aromatic rings. The second kappa shape index (κ2) is 7.01. The predicted octanol–water partition coefficient (Wildman–Crippen LogP) is 4.14. The Hall–Kier alpha value is -0.750. The monoisotopic (exact) mass is 324 g/mol. The number of nitrogens with zero attached hydrogens (tertiary/aromatic N) is 1. The SMILES string of the molecule is COCCNC(c1ccc(C(C)(C)C)s1)c1nc(C)cs1. The fraction of sp³-hybridized carbons (Fsp3) is 0.562. The van der Waals surface area contributed by atoms with Crippen molar-refractivity contribution in [2.75, 3.05) is 20.3 Å². The number of ether oxygens (including phenoxy) is 1. The highest BCUT2D eigenvalue weighted by atomic mass is 32.1. The van der Waals surface area contributed by atoms with E-state index >= 15 is 0 Å². The number of aryl methyl sites for hydroxylation is 1. The van der Waals surface area contributed by atoms with Crippen LogP contribution in [0.5, 0.6) is 0 Å². The molecule has 0 aliphatic heterocycles. The highest BCUT2D eigenvalue weighted by Crippen LogP contribution is 2.35. The van der Waals surface area contributed by atoms with Gasteiger partial charge in [-0.15, -0.1) is 22.7 Å². The van der Waals surface area contributed by atoms with E-state index in [1.54, 1.807) is 18.4 Å². The van der Waals surface area contributed by atoms with Crippen molar-refractivity contribution < 1.29 is 4.74 Å². The van der Waals surface area contributed by atoms with E-state index in [9.17, 15) is 0 Å². The summed E-state index contributed by atoms with van der Waals surface area (Å²) >= 11 is 3.59. The molecule has 21 heavy (non-hydrogen) atoms. The van der Waals surface area contributed by atoms with Gasteiger partial charge >= 0.3 is 0 Å². The standard InChI is InChI=1S/C16H24N2OS2/c1-11-10-20-15(18-11)14(17-8-9-19-5)12-6-7-13(21-12)16(2,3)4/h6-7,10,14,17H,8-9H2,1-5H3. The lowest BCUT2D eigenvalue weighted by Crippen LogP contribution is -2.25. The van der Waals surface area contributed by atoms with Crippen molar-refractivity contribution in [1.82, 2.24) is 10.3 Å². The van der Waals surface area contributed by atoms with E-state index in [-0.39, 0.29) is 11.5 Å². The number of methoxy groups -OCH3 is 1. The first-order valence-electron chi connectivity index (χ1n) is 7.16. The van der Waals surface area contributed by atoms with Crippen molar-refractivity contribution in [3.8, 4) is 0 Å². The van der Waals surface area contributed by atoms with Gasteiger partial charge in [0.1, 0.15) is 5.01 Å². The van der Waals surface area contributed by atoms with Crippen LogP contribution >= 0.6 is 22.7 Å². The Morgan fingerprint density at radius 3 is 2.62 bits per heavy atom. The molecule has 0 aliphatic carbocycles. The third-order valence-electron chi connectivity index (χ3n) is 3.19. The molecule has 0 amide bonds. The van der Waals surface area contributed by atoms with Crippen LogP contribution in [-0.4, -0.2) is 25.2 Å². The summed E-state index contributed by atoms with van der Waals surface area (Å²) in [4.78, 5) is 7.39. The van der Waals surface area contributed by atoms with E-state index in [0.717, 1.165) is 17.2 Å². The molecule has 0 bridgehead atoms. The first-order chi connectivity index (χ1) is 9.91. The molecule has 5 heteroatoms. The Morgan fingerprint density at radius 2 is 2.10 bits per heavy atom. The van der Waals surface area contributed by atoms with Crippen LogP contribution in [0.3, 0.4) is 0 Å². The highest BCUT2D eigenvalue weighted by molar-refractivity contribution is 7.13. The molecule has 1 unspecified atom stereocenters. The maximum atomic E-state index is 5.15. The van der Waals surface area contributed by atoms with Gasteiger partial charge < -0.3 is 10.1 Å². The van der Waals surface area contributed by atoms with Gasteiger partial charge in [-0.2, -0.15) is 0 Å². The number of hydrogen-bond acceptors (Lipinski definition) is 5. The number of hydrogen-bond donors (Lipinski definition) is 1. The zero-order valence-electron chi connectivity index (χ0n) is 13.4. The summed E-state index contributed by atoms with van der Waals surface area (Å²) in [5, 5.41) is 6.80. The van der Waals surface area contributed by atoms with Crippen molar-refractivity contribution >= 4 is 22.7 Å². The van der Waals surface area contributed by atoms with Crippen LogP contribution in [0.25, 0.3) is 0 Å². The molecule has 1 N–H and O–H groups in total. The van der Waals surface area contributed by atoms with Gasteiger partial charge in [-0.05, 0) is 24.5 Å². The van der Waals surface area contributed by atoms with Gasteiger partial charge in [0.25, 0.3) is 0 Å². The lowest BCUT2D eigenvalue weighted by Gasteiger charge is -2.17. The fourth-order valence-electron chi connectivity index (χ4n) is 2.03. The fourth-order valence-corrected chi connectivity index (χ4v) is 4.14. The molecule has 116 valence electrons. The molecule has 2 rings (SSSR count). The maximum absolute atomic E-state index is 5.15. The lowest BCUT2D eigenvalue weighted by molar-refractivity contribution is 0.197. The highest BCUT2D eigenvalue weighted by Gasteiger charge is 2.22. The zero-order valence-corrected chi connectivity index (χ0v) is 15.0. The maximum Gasteiger partial charge on any atom is 0.115 e. The minimum Gasteiger partial charge on any atom is -0.383 e. The van der Waals surface area contributed by atoms with E-state index < -0.39 is 0 Å². The lowest BCUT2D eigenvalue weighted by atomic mass is 9.95. The van der Waals surface area contributed by atoms with E-state index in [2.05, 4.69) is 48.6 Å². The van der Waals surface area contributed by atoms with Gasteiger partial charge in [0.2, 0.25) is 0 Å². The molecule has 1 atom stereocenters. The molecule has 2 heterocycles. The largest absolute Gasteiger partial charge is 0.383 e. The third-order valence-corrected chi connectivity index (χ3v) is 5.79. The zero-order chi connectivity index (χ0) is 15.5. The van der Waals surface area contributed by atoms with Crippen LogP contribution in [0.1, 0.15) is 47.3 Å². The van der Waals surface area contributed by atoms with Gasteiger partial charge in [-0.1, -0.05) is 20.8 Å². The first-order valence-corrected chi connectivity index (χ1v) is 8.86. The molecule has 0 radical (unpaired) electrons. The van der Waals surface area contributed by atoms with Crippen molar-refractivity contribution in [3.05, 3.63) is 38.0 Å². The summed E-state index contributed by atoms with van der Waals surface area (Å²) in [6, 6.07) is 4.64. The van der Waals surface area contributed by atoms with Crippen LogP contribution in [-0.2, 0) is 10.2 Å². The topological polar surface area (TPSA) is 34.1 Å². The molecular weight excluding hydrogens is 300 g/mol. The number of nitrogens with one attached hydrogen (secondary N) is 1. The van der Waals surface area contributed by atoms with Gasteiger partial charge in [-0.3, -0.25) is 0 Å². The van der Waals surface area contributed by atoms with Crippen LogP contribution < -0.4 is 5.32 Å². The van der Waals surface area contributed by atoms with Gasteiger partial charge in [0.15, 0.2) is 0 Å². The molecule has 0 aromatic carbocycles. The van der Waals surface area contributed by atoms with E-state index in [1.165, 1.54) is 9.75 Å². The van der Waals surface area contributed by atoms with Gasteiger partial charge in [0, 0.05) is 34.5 Å². The second-order valence-corrected chi connectivity index (χ2v) is 8.16. The Balaban J connectivity index is 2.24. The summed E-state index contributed by atoms with van der Waals surface area (Å²) in [5.74, 6) is 0. The Bertz CT molecular complexity index is 569. The number of thiazole rings is 1. The molecular formula is C16H24N2OS2. The third kappa shape index (κ3) is 4.36. The molecule has 0 spiro atoms. The summed E-state index contributed by atoms with van der Waals surface area (Å²) < 4.78 is 5.15. The molecule has 2 aromatic heterocycles. The summed E-state index contributed by atoms with van der Waals surface area (Å²) in [7, 11) is 1.73. The molecule has 0 aliphatic rings. The van der Waals surface area contributed by atoms with Gasteiger partial charge in [0.05, 0.1) is 12.6 Å². The normalized spacial score (nSPS) is 13.6. The van der Waals surface area contributed by atoms with E-state index in [0.29, 0.717) is 6.61 Å². The van der Waals surface area contributed by atoms with Crippen molar-refractivity contribution in [1.29, 1.82) is 0 Å². The van der Waals surface area contributed by atoms with Crippen molar-refractivity contribution in [2.45, 2.75) is 39.2 Å². The summed E-state index contributed by atoms with van der Waals surface area (Å²) in [6.45, 7) is 10.3. The predicted molar refractivity (Wildman–Crippen MR) is 91.6 cm³/mol. The Labute approximate surface area is 135 Å². The number of rotatable bonds is 6. The minimum atomic E-state index is 0.167. The summed E-state index contributed by atoms with van der Waals surface area (Å²) in [6.07, 6.45) is 0. The van der Waals surface area contributed by atoms with Crippen molar-refractivity contribution in [3.63, 3.8) is 0 Å². The molecule has 0 saturated carbocycles. The number of thiophene rings is 1. The van der Waals surface area contributed by atoms with Crippen LogP contribution in [0.15, 0.2) is 17.5 Å².